The number of halogens is 1. The normalized spacial score (nSPS) is 14.9. The molecule has 1 N–H and O–H groups in total. The Labute approximate surface area is 173 Å². The van der Waals surface area contributed by atoms with E-state index < -0.39 is 10.0 Å². The second-order valence-electron chi connectivity index (χ2n) is 7.16. The summed E-state index contributed by atoms with van der Waals surface area (Å²) in [6.07, 6.45) is 7.20. The molecule has 0 saturated carbocycles. The molecule has 0 fully saturated rings. The number of sulfonamides is 1. The molecule has 156 valence electrons. The third kappa shape index (κ3) is 3.86. The minimum Gasteiger partial charge on any atom is -0.360 e. The molecule has 0 aliphatic carbocycles. The van der Waals surface area contributed by atoms with Crippen LogP contribution in [0.15, 0.2) is 59.9 Å². The number of aromatic nitrogens is 2. The topological polar surface area (TPSA) is 86.4 Å². The first kappa shape index (κ1) is 20.2. The molecule has 1 amide bonds. The van der Waals surface area contributed by atoms with Gasteiger partial charge >= 0.3 is 0 Å². The smallest absolute Gasteiger partial charge is 0.244 e. The molecule has 1 aliphatic heterocycles. The molecular formula is C21H21FN4O3S. The van der Waals surface area contributed by atoms with Crippen LogP contribution in [0.3, 0.4) is 0 Å². The van der Waals surface area contributed by atoms with Crippen LogP contribution in [0.1, 0.15) is 12.0 Å². The minimum absolute atomic E-state index is 0.0527. The number of amides is 1. The molecule has 0 bridgehead atoms. The van der Waals surface area contributed by atoms with Gasteiger partial charge in [-0.05, 0) is 42.3 Å². The predicted molar refractivity (Wildman–Crippen MR) is 111 cm³/mol. The van der Waals surface area contributed by atoms with Crippen LogP contribution in [0.25, 0.3) is 16.5 Å². The molecule has 3 heterocycles. The number of hydrogen-bond acceptors (Lipinski definition) is 4. The van der Waals surface area contributed by atoms with Crippen molar-refractivity contribution >= 4 is 32.4 Å². The van der Waals surface area contributed by atoms with Crippen molar-refractivity contribution in [3.8, 4) is 0 Å². The van der Waals surface area contributed by atoms with Gasteiger partial charge < -0.3 is 9.88 Å². The molecule has 1 aromatic carbocycles. The van der Waals surface area contributed by atoms with Gasteiger partial charge in [-0.2, -0.15) is 4.31 Å². The van der Waals surface area contributed by atoms with E-state index in [0.717, 1.165) is 26.3 Å². The van der Waals surface area contributed by atoms with E-state index in [1.54, 1.807) is 17.0 Å². The zero-order valence-corrected chi connectivity index (χ0v) is 17.2. The Balaban J connectivity index is 1.44. The summed E-state index contributed by atoms with van der Waals surface area (Å²) in [6.45, 7) is 0.634. The van der Waals surface area contributed by atoms with Crippen LogP contribution >= 0.6 is 0 Å². The molecule has 1 aliphatic rings. The molecule has 2 aromatic heterocycles. The minimum atomic E-state index is -3.77. The fraction of sp³-hybridized carbons (Fsp3) is 0.238. The first-order chi connectivity index (χ1) is 14.4. The van der Waals surface area contributed by atoms with Crippen molar-refractivity contribution in [2.24, 2.45) is 0 Å². The van der Waals surface area contributed by atoms with E-state index >= 15 is 0 Å². The molecule has 0 spiro atoms. The van der Waals surface area contributed by atoms with Crippen molar-refractivity contribution in [1.29, 1.82) is 0 Å². The summed E-state index contributed by atoms with van der Waals surface area (Å²) >= 11 is 0. The molecule has 0 atom stereocenters. The zero-order valence-electron chi connectivity index (χ0n) is 16.4. The van der Waals surface area contributed by atoms with Crippen molar-refractivity contribution in [1.82, 2.24) is 19.2 Å². The lowest BCUT2D eigenvalue weighted by atomic mass is 9.99. The summed E-state index contributed by atoms with van der Waals surface area (Å²) < 4.78 is 39.6. The van der Waals surface area contributed by atoms with E-state index in [1.165, 1.54) is 37.6 Å². The van der Waals surface area contributed by atoms with Gasteiger partial charge in [-0.3, -0.25) is 9.78 Å². The highest BCUT2D eigenvalue weighted by atomic mass is 32.2. The van der Waals surface area contributed by atoms with Gasteiger partial charge in [0.1, 0.15) is 10.7 Å². The van der Waals surface area contributed by atoms with Gasteiger partial charge in [0.25, 0.3) is 0 Å². The van der Waals surface area contributed by atoms with E-state index in [2.05, 4.69) is 9.97 Å². The number of benzene rings is 1. The van der Waals surface area contributed by atoms with Crippen LogP contribution in [-0.4, -0.2) is 60.2 Å². The molecule has 30 heavy (non-hydrogen) atoms. The maximum absolute atomic E-state index is 13.4. The molecule has 0 radical (unpaired) electrons. The summed E-state index contributed by atoms with van der Waals surface area (Å²) in [4.78, 5) is 21.2. The van der Waals surface area contributed by atoms with E-state index in [1.807, 2.05) is 12.3 Å². The maximum Gasteiger partial charge on any atom is 0.244 e. The number of nitrogens with one attached hydrogen (secondary N) is 1. The van der Waals surface area contributed by atoms with Crippen molar-refractivity contribution in [3.63, 3.8) is 0 Å². The van der Waals surface area contributed by atoms with Gasteiger partial charge in [0.05, 0.1) is 6.54 Å². The highest BCUT2D eigenvalue weighted by molar-refractivity contribution is 7.89. The molecule has 4 rings (SSSR count). The largest absolute Gasteiger partial charge is 0.360 e. The number of pyridine rings is 1. The molecule has 3 aromatic rings. The summed E-state index contributed by atoms with van der Waals surface area (Å²) in [5.74, 6) is -0.558. The Bertz CT molecular complexity index is 1220. The van der Waals surface area contributed by atoms with E-state index in [0.29, 0.717) is 19.5 Å². The van der Waals surface area contributed by atoms with Gasteiger partial charge in [-0.1, -0.05) is 6.08 Å². The van der Waals surface area contributed by atoms with Crippen LogP contribution in [0, 0.1) is 5.82 Å². The lowest BCUT2D eigenvalue weighted by molar-refractivity contribution is -0.130. The quantitative estimate of drug-likeness (QED) is 0.677. The van der Waals surface area contributed by atoms with Gasteiger partial charge in [-0.15, -0.1) is 0 Å². The number of fused-ring (bicyclic) bond motifs is 1. The number of rotatable bonds is 5. The molecule has 0 unspecified atom stereocenters. The fourth-order valence-corrected chi connectivity index (χ4v) is 4.64. The highest BCUT2D eigenvalue weighted by Crippen LogP contribution is 2.29. The fourth-order valence-electron chi connectivity index (χ4n) is 3.56. The Morgan fingerprint density at radius 2 is 2.17 bits per heavy atom. The van der Waals surface area contributed by atoms with Gasteiger partial charge in [0.15, 0.2) is 0 Å². The van der Waals surface area contributed by atoms with Crippen LogP contribution in [0.5, 0.6) is 0 Å². The van der Waals surface area contributed by atoms with Crippen LogP contribution in [0.4, 0.5) is 4.39 Å². The SMILES string of the molecule is CN(CC(=O)N1CC=C(c2c[nH]c3cc(F)ccc23)CC1)S(=O)(=O)c1cccnc1. The van der Waals surface area contributed by atoms with Gasteiger partial charge in [0.2, 0.25) is 15.9 Å². The standard InChI is InChI=1S/C21H21FN4O3S/c1-25(30(28,29)17-3-2-8-23-12-17)14-21(27)26-9-6-15(7-10-26)19-13-24-20-11-16(22)4-5-18(19)20/h2-6,8,11-13,24H,7,9-10,14H2,1H3. The summed E-state index contributed by atoms with van der Waals surface area (Å²) in [7, 11) is -2.39. The number of likely N-dealkylation sites (N-methyl/N-ethyl adjacent to an activating group) is 1. The second-order valence-corrected chi connectivity index (χ2v) is 9.21. The number of aromatic amines is 1. The highest BCUT2D eigenvalue weighted by Gasteiger charge is 2.26. The second kappa shape index (κ2) is 8.00. The third-order valence-corrected chi connectivity index (χ3v) is 7.04. The number of hydrogen-bond donors (Lipinski definition) is 1. The lowest BCUT2D eigenvalue weighted by Gasteiger charge is -2.28. The molecule has 0 saturated heterocycles. The van der Waals surface area contributed by atoms with Gasteiger partial charge in [-0.25, -0.2) is 12.8 Å². The van der Waals surface area contributed by atoms with Crippen LogP contribution < -0.4 is 0 Å². The molecule has 7 nitrogen and oxygen atoms in total. The van der Waals surface area contributed by atoms with Gasteiger partial charge in [0, 0.05) is 55.2 Å². The van der Waals surface area contributed by atoms with Crippen molar-refractivity contribution in [2.75, 3.05) is 26.7 Å². The van der Waals surface area contributed by atoms with Crippen LogP contribution in [-0.2, 0) is 14.8 Å². The monoisotopic (exact) mass is 428 g/mol. The van der Waals surface area contributed by atoms with Crippen molar-refractivity contribution < 1.29 is 17.6 Å². The Kier molecular flexibility index (Phi) is 5.40. The van der Waals surface area contributed by atoms with E-state index in [4.69, 9.17) is 0 Å². The third-order valence-electron chi connectivity index (χ3n) is 5.25. The number of carbonyl (C=O) groups excluding carboxylic acids is 1. The van der Waals surface area contributed by atoms with Crippen molar-refractivity contribution in [2.45, 2.75) is 11.3 Å². The van der Waals surface area contributed by atoms with E-state index in [-0.39, 0.29) is 23.2 Å². The molecule has 9 heteroatoms. The lowest BCUT2D eigenvalue weighted by Crippen LogP contribution is -2.42. The Morgan fingerprint density at radius 3 is 2.87 bits per heavy atom. The average Bonchev–Trinajstić information content (AvgIpc) is 3.17. The van der Waals surface area contributed by atoms with Crippen LogP contribution in [0.2, 0.25) is 0 Å². The Morgan fingerprint density at radius 1 is 1.33 bits per heavy atom. The first-order valence-electron chi connectivity index (χ1n) is 9.46. The van der Waals surface area contributed by atoms with Crippen molar-refractivity contribution in [3.05, 3.63) is 66.4 Å². The molecular weight excluding hydrogens is 407 g/mol. The summed E-state index contributed by atoms with van der Waals surface area (Å²) in [5.41, 5.74) is 2.80. The first-order valence-corrected chi connectivity index (χ1v) is 10.9. The zero-order chi connectivity index (χ0) is 21.3. The number of carbonyl (C=O) groups is 1. The number of H-pyrrole nitrogens is 1. The summed E-state index contributed by atoms with van der Waals surface area (Å²) in [5, 5.41) is 0.935. The maximum atomic E-state index is 13.4. The summed E-state index contributed by atoms with van der Waals surface area (Å²) in [6, 6.07) is 7.62. The van der Waals surface area contributed by atoms with E-state index in [9.17, 15) is 17.6 Å². The Hall–Kier alpha value is -3.04. The number of nitrogens with zero attached hydrogens (tertiary/aromatic N) is 3. The predicted octanol–water partition coefficient (Wildman–Crippen LogP) is 2.64. The average molecular weight is 428 g/mol.